The molecule has 0 aliphatic rings. The fourth-order valence-electron chi connectivity index (χ4n) is 1.84. The first-order valence-electron chi connectivity index (χ1n) is 6.29. The first-order valence-corrected chi connectivity index (χ1v) is 6.29. The predicted octanol–water partition coefficient (Wildman–Crippen LogP) is 4.44. The molecule has 0 heterocycles. The average molecular weight is 240 g/mol. The number of anilines is 3. The van der Waals surface area contributed by atoms with E-state index in [1.807, 2.05) is 25.1 Å². The van der Waals surface area contributed by atoms with Crippen molar-refractivity contribution in [2.45, 2.75) is 26.7 Å². The van der Waals surface area contributed by atoms with Crippen molar-refractivity contribution in [2.75, 3.05) is 11.1 Å². The maximum Gasteiger partial charge on any atom is 0.0405 e. The van der Waals surface area contributed by atoms with Crippen LogP contribution in [0.2, 0.25) is 0 Å². The molecule has 0 bridgehead atoms. The molecule has 2 heteroatoms. The summed E-state index contributed by atoms with van der Waals surface area (Å²) < 4.78 is 0. The highest BCUT2D eigenvalue weighted by Crippen LogP contribution is 2.23. The molecule has 2 aromatic carbocycles. The minimum Gasteiger partial charge on any atom is -0.398 e. The van der Waals surface area contributed by atoms with E-state index in [2.05, 4.69) is 43.4 Å². The molecule has 0 aromatic heterocycles. The standard InChI is InChI=1S/C16H20N2/c1-11(2)13-5-8-14(9-6-13)18-15-7-4-12(3)16(17)10-15/h4-11,18H,17H2,1-3H3. The molecule has 0 saturated heterocycles. The van der Waals surface area contributed by atoms with Crippen molar-refractivity contribution in [1.29, 1.82) is 0 Å². The first-order chi connectivity index (χ1) is 8.56. The number of hydrogen-bond donors (Lipinski definition) is 2. The van der Waals surface area contributed by atoms with Crippen molar-refractivity contribution in [1.82, 2.24) is 0 Å². The molecular formula is C16H20N2. The molecule has 0 radical (unpaired) electrons. The fraction of sp³-hybridized carbons (Fsp3) is 0.250. The Labute approximate surface area is 109 Å². The summed E-state index contributed by atoms with van der Waals surface area (Å²) in [5.41, 5.74) is 11.3. The van der Waals surface area contributed by atoms with E-state index in [0.29, 0.717) is 5.92 Å². The van der Waals surface area contributed by atoms with E-state index in [-0.39, 0.29) is 0 Å². The van der Waals surface area contributed by atoms with Gasteiger partial charge in [-0.05, 0) is 48.2 Å². The van der Waals surface area contributed by atoms with Crippen LogP contribution in [0.25, 0.3) is 0 Å². The summed E-state index contributed by atoms with van der Waals surface area (Å²) in [4.78, 5) is 0. The van der Waals surface area contributed by atoms with Crippen LogP contribution >= 0.6 is 0 Å². The van der Waals surface area contributed by atoms with E-state index in [1.165, 1.54) is 5.56 Å². The first kappa shape index (κ1) is 12.5. The molecule has 0 atom stereocenters. The summed E-state index contributed by atoms with van der Waals surface area (Å²) >= 11 is 0. The van der Waals surface area contributed by atoms with Crippen molar-refractivity contribution in [3.8, 4) is 0 Å². The van der Waals surface area contributed by atoms with E-state index in [9.17, 15) is 0 Å². The molecular weight excluding hydrogens is 220 g/mol. The van der Waals surface area contributed by atoms with Gasteiger partial charge in [-0.3, -0.25) is 0 Å². The highest BCUT2D eigenvalue weighted by atomic mass is 14.9. The number of nitrogen functional groups attached to an aromatic ring is 1. The Bertz CT molecular complexity index is 527. The summed E-state index contributed by atoms with van der Waals surface area (Å²) in [5.74, 6) is 0.564. The summed E-state index contributed by atoms with van der Waals surface area (Å²) in [6, 6.07) is 14.6. The van der Waals surface area contributed by atoms with Gasteiger partial charge < -0.3 is 11.1 Å². The zero-order valence-electron chi connectivity index (χ0n) is 11.2. The largest absolute Gasteiger partial charge is 0.398 e. The second-order valence-corrected chi connectivity index (χ2v) is 4.97. The number of nitrogens with one attached hydrogen (secondary N) is 1. The van der Waals surface area contributed by atoms with Gasteiger partial charge in [-0.1, -0.05) is 32.0 Å². The Morgan fingerprint density at radius 3 is 2.11 bits per heavy atom. The van der Waals surface area contributed by atoms with Crippen molar-refractivity contribution in [3.63, 3.8) is 0 Å². The lowest BCUT2D eigenvalue weighted by Gasteiger charge is -2.10. The molecule has 0 amide bonds. The van der Waals surface area contributed by atoms with Crippen LogP contribution in [0, 0.1) is 6.92 Å². The van der Waals surface area contributed by atoms with Crippen molar-refractivity contribution in [2.24, 2.45) is 0 Å². The molecule has 3 N–H and O–H groups in total. The molecule has 0 saturated carbocycles. The third-order valence-corrected chi connectivity index (χ3v) is 3.15. The highest BCUT2D eigenvalue weighted by Gasteiger charge is 2.00. The Morgan fingerprint density at radius 2 is 1.56 bits per heavy atom. The minimum atomic E-state index is 0.564. The molecule has 2 rings (SSSR count). The topological polar surface area (TPSA) is 38.0 Å². The van der Waals surface area contributed by atoms with Gasteiger partial charge in [-0.2, -0.15) is 0 Å². The zero-order chi connectivity index (χ0) is 13.1. The van der Waals surface area contributed by atoms with Gasteiger partial charge in [0.2, 0.25) is 0 Å². The Morgan fingerprint density at radius 1 is 0.944 bits per heavy atom. The van der Waals surface area contributed by atoms with Crippen molar-refractivity contribution >= 4 is 17.1 Å². The van der Waals surface area contributed by atoms with Gasteiger partial charge >= 0.3 is 0 Å². The monoisotopic (exact) mass is 240 g/mol. The lowest BCUT2D eigenvalue weighted by molar-refractivity contribution is 0.867. The van der Waals surface area contributed by atoms with Gasteiger partial charge in [0.1, 0.15) is 0 Å². The third-order valence-electron chi connectivity index (χ3n) is 3.15. The second-order valence-electron chi connectivity index (χ2n) is 4.97. The van der Waals surface area contributed by atoms with Crippen LogP contribution in [0.15, 0.2) is 42.5 Å². The third kappa shape index (κ3) is 2.83. The molecule has 0 fully saturated rings. The summed E-state index contributed by atoms with van der Waals surface area (Å²) in [6.45, 7) is 6.41. The number of benzene rings is 2. The normalized spacial score (nSPS) is 10.7. The molecule has 94 valence electrons. The smallest absolute Gasteiger partial charge is 0.0405 e. The van der Waals surface area contributed by atoms with E-state index in [4.69, 9.17) is 5.73 Å². The van der Waals surface area contributed by atoms with Crippen LogP contribution in [0.5, 0.6) is 0 Å². The maximum absolute atomic E-state index is 5.90. The van der Waals surface area contributed by atoms with E-state index in [0.717, 1.165) is 22.6 Å². The van der Waals surface area contributed by atoms with Gasteiger partial charge in [-0.15, -0.1) is 0 Å². The Hall–Kier alpha value is -1.96. The fourth-order valence-corrected chi connectivity index (χ4v) is 1.84. The molecule has 0 aliphatic carbocycles. The number of hydrogen-bond acceptors (Lipinski definition) is 2. The van der Waals surface area contributed by atoms with Gasteiger partial charge in [0, 0.05) is 17.1 Å². The van der Waals surface area contributed by atoms with E-state index < -0.39 is 0 Å². The van der Waals surface area contributed by atoms with Crippen LogP contribution in [0.4, 0.5) is 17.1 Å². The lowest BCUT2D eigenvalue weighted by atomic mass is 10.0. The number of nitrogens with two attached hydrogens (primary N) is 1. The quantitative estimate of drug-likeness (QED) is 0.778. The van der Waals surface area contributed by atoms with Gasteiger partial charge in [0.05, 0.1) is 0 Å². The summed E-state index contributed by atoms with van der Waals surface area (Å²) in [6.07, 6.45) is 0. The van der Waals surface area contributed by atoms with E-state index >= 15 is 0 Å². The minimum absolute atomic E-state index is 0.564. The van der Waals surface area contributed by atoms with E-state index in [1.54, 1.807) is 0 Å². The van der Waals surface area contributed by atoms with Crippen molar-refractivity contribution in [3.05, 3.63) is 53.6 Å². The Kier molecular flexibility index (Phi) is 3.56. The van der Waals surface area contributed by atoms with Crippen molar-refractivity contribution < 1.29 is 0 Å². The number of aryl methyl sites for hydroxylation is 1. The summed E-state index contributed by atoms with van der Waals surface area (Å²) in [5, 5.41) is 3.36. The maximum atomic E-state index is 5.90. The molecule has 0 spiro atoms. The SMILES string of the molecule is Cc1ccc(Nc2ccc(C(C)C)cc2)cc1N. The number of rotatable bonds is 3. The molecule has 2 nitrogen and oxygen atoms in total. The lowest BCUT2D eigenvalue weighted by Crippen LogP contribution is -1.95. The molecule has 0 aliphatic heterocycles. The highest BCUT2D eigenvalue weighted by molar-refractivity contribution is 5.65. The van der Waals surface area contributed by atoms with Gasteiger partial charge in [-0.25, -0.2) is 0 Å². The van der Waals surface area contributed by atoms with Gasteiger partial charge in [0.25, 0.3) is 0 Å². The molecule has 0 unspecified atom stereocenters. The Balaban J connectivity index is 2.15. The van der Waals surface area contributed by atoms with Crippen LogP contribution in [-0.4, -0.2) is 0 Å². The zero-order valence-corrected chi connectivity index (χ0v) is 11.2. The van der Waals surface area contributed by atoms with Crippen LogP contribution in [0.3, 0.4) is 0 Å². The van der Waals surface area contributed by atoms with Crippen LogP contribution < -0.4 is 11.1 Å². The van der Waals surface area contributed by atoms with Gasteiger partial charge in [0.15, 0.2) is 0 Å². The summed E-state index contributed by atoms with van der Waals surface area (Å²) in [7, 11) is 0. The predicted molar refractivity (Wildman–Crippen MR) is 79.4 cm³/mol. The molecule has 2 aromatic rings. The molecule has 18 heavy (non-hydrogen) atoms. The van der Waals surface area contributed by atoms with Crippen LogP contribution in [-0.2, 0) is 0 Å². The van der Waals surface area contributed by atoms with Crippen LogP contribution in [0.1, 0.15) is 30.9 Å². The average Bonchev–Trinajstić information content (AvgIpc) is 2.34. The second kappa shape index (κ2) is 5.13.